The van der Waals surface area contributed by atoms with Gasteiger partial charge in [-0.2, -0.15) is 13.2 Å². The number of alkyl halides is 3. The quantitative estimate of drug-likeness (QED) is 0.233. The third-order valence-electron chi connectivity index (χ3n) is 5.79. The number of anilines is 2. The van der Waals surface area contributed by atoms with Gasteiger partial charge < -0.3 is 20.7 Å². The molecule has 1 aromatic carbocycles. The van der Waals surface area contributed by atoms with Crippen LogP contribution >= 0.6 is 0 Å². The molecule has 206 valence electrons. The highest BCUT2D eigenvalue weighted by Gasteiger charge is 2.33. The predicted molar refractivity (Wildman–Crippen MR) is 149 cm³/mol. The van der Waals surface area contributed by atoms with Gasteiger partial charge in [0, 0.05) is 24.4 Å². The number of amides is 1. The third kappa shape index (κ3) is 8.27. The fourth-order valence-electron chi connectivity index (χ4n) is 3.77. The molecule has 1 saturated heterocycles. The Hall–Kier alpha value is -3.94. The summed E-state index contributed by atoms with van der Waals surface area (Å²) in [4.78, 5) is 22.7. The Labute approximate surface area is 226 Å². The lowest BCUT2D eigenvalue weighted by Gasteiger charge is -2.28. The summed E-state index contributed by atoms with van der Waals surface area (Å²) in [5.74, 6) is 6.10. The molecular weight excluding hydrogens is 507 g/mol. The van der Waals surface area contributed by atoms with Crippen LogP contribution in [0.3, 0.4) is 0 Å². The Kier molecular flexibility index (Phi) is 9.32. The molecule has 1 aliphatic heterocycles. The maximum Gasteiger partial charge on any atom is 0.433 e. The summed E-state index contributed by atoms with van der Waals surface area (Å²) >= 11 is 0. The minimum absolute atomic E-state index is 0.197. The van der Waals surface area contributed by atoms with Gasteiger partial charge in [0.2, 0.25) is 0 Å². The van der Waals surface area contributed by atoms with Crippen LogP contribution in [0.1, 0.15) is 32.0 Å². The average molecular weight is 540 g/mol. The zero-order valence-corrected chi connectivity index (χ0v) is 22.4. The zero-order chi connectivity index (χ0) is 28.8. The lowest BCUT2D eigenvalue weighted by molar-refractivity contribution is -0.112. The smallest absolute Gasteiger partial charge is 0.378 e. The van der Waals surface area contributed by atoms with Crippen LogP contribution in [0.2, 0.25) is 0 Å². The second kappa shape index (κ2) is 12.3. The maximum atomic E-state index is 13.1. The van der Waals surface area contributed by atoms with Crippen LogP contribution in [-0.2, 0) is 9.53 Å². The lowest BCUT2D eigenvalue weighted by atomic mass is 9.99. The highest BCUT2D eigenvalue weighted by molar-refractivity contribution is 6.06. The van der Waals surface area contributed by atoms with Gasteiger partial charge in [-0.15, -0.1) is 0 Å². The first-order chi connectivity index (χ1) is 18.3. The second-order valence-electron chi connectivity index (χ2n) is 9.58. The fraction of sp³-hybridized carbons (Fsp3) is 0.345. The van der Waals surface area contributed by atoms with Gasteiger partial charge in [-0.25, -0.2) is 4.98 Å². The molecule has 0 bridgehead atoms. The molecule has 0 atom stereocenters. The summed E-state index contributed by atoms with van der Waals surface area (Å²) in [6, 6.07) is 9.08. The first-order valence-corrected chi connectivity index (χ1v) is 12.3. The molecule has 1 aliphatic rings. The van der Waals surface area contributed by atoms with Gasteiger partial charge in [0.1, 0.15) is 17.2 Å². The van der Waals surface area contributed by atoms with Gasteiger partial charge in [-0.1, -0.05) is 18.1 Å². The standard InChI is InChI=1S/C29H32F3N5O2/c1-6-20(16-25(34-5)29(30,31)32)27(38)36-22-8-7-19(2)24(18-22)21-15-23(9-10-28(3,4)33)35-26(17-21)37-11-13-39-14-12-37/h6-8,15-18H,5,11-14,33H2,1-4H3,(H,36,38)/b20-6+,25-16-. The number of halogens is 3. The van der Waals surface area contributed by atoms with E-state index in [4.69, 9.17) is 15.5 Å². The number of aromatic nitrogens is 1. The van der Waals surface area contributed by atoms with Crippen LogP contribution in [0, 0.1) is 18.8 Å². The number of benzene rings is 1. The predicted octanol–water partition coefficient (Wildman–Crippen LogP) is 5.01. The molecule has 3 N–H and O–H groups in total. The molecule has 10 heteroatoms. The lowest BCUT2D eigenvalue weighted by Crippen LogP contribution is -2.36. The summed E-state index contributed by atoms with van der Waals surface area (Å²) in [5.41, 5.74) is 7.40. The SMILES string of the molecule is C=N/C(=C\C(=C/C)C(=O)Nc1ccc(C)c(-c2cc(C#CC(C)(C)N)nc(N3CCOCC3)c2)c1)C(F)(F)F. The molecule has 0 radical (unpaired) electrons. The van der Waals surface area contributed by atoms with Gasteiger partial charge in [-0.3, -0.25) is 9.79 Å². The Morgan fingerprint density at radius 2 is 1.92 bits per heavy atom. The number of morpholine rings is 1. The van der Waals surface area contributed by atoms with Crippen molar-refractivity contribution in [3.63, 3.8) is 0 Å². The van der Waals surface area contributed by atoms with Gasteiger partial charge in [-0.05, 0) is 87.4 Å². The largest absolute Gasteiger partial charge is 0.433 e. The Morgan fingerprint density at radius 1 is 1.23 bits per heavy atom. The molecule has 2 aromatic rings. The van der Waals surface area contributed by atoms with E-state index in [1.807, 2.05) is 25.1 Å². The normalized spacial score (nSPS) is 14.9. The molecule has 1 amide bonds. The molecule has 3 rings (SSSR count). The van der Waals surface area contributed by atoms with Gasteiger partial charge in [0.15, 0.2) is 0 Å². The molecular formula is C29H32F3N5O2. The van der Waals surface area contributed by atoms with Crippen LogP contribution in [-0.4, -0.2) is 55.6 Å². The first-order valence-electron chi connectivity index (χ1n) is 12.3. The maximum absolute atomic E-state index is 13.1. The minimum Gasteiger partial charge on any atom is -0.378 e. The molecule has 0 saturated carbocycles. The summed E-state index contributed by atoms with van der Waals surface area (Å²) < 4.78 is 44.8. The van der Waals surface area contributed by atoms with Crippen molar-refractivity contribution in [1.29, 1.82) is 0 Å². The number of ether oxygens (including phenoxy) is 1. The minimum atomic E-state index is -4.73. The van der Waals surface area contributed by atoms with Crippen LogP contribution in [0.5, 0.6) is 0 Å². The average Bonchev–Trinajstić information content (AvgIpc) is 2.88. The van der Waals surface area contributed by atoms with Crippen molar-refractivity contribution in [3.05, 3.63) is 65.0 Å². The van der Waals surface area contributed by atoms with E-state index in [1.54, 1.807) is 26.0 Å². The molecule has 1 aromatic heterocycles. The van der Waals surface area contributed by atoms with E-state index in [2.05, 4.69) is 33.8 Å². The van der Waals surface area contributed by atoms with E-state index in [0.29, 0.717) is 43.8 Å². The van der Waals surface area contributed by atoms with E-state index >= 15 is 0 Å². The number of hydrogen-bond donors (Lipinski definition) is 2. The van der Waals surface area contributed by atoms with Crippen molar-refractivity contribution in [2.45, 2.75) is 39.4 Å². The number of aryl methyl sites for hydroxylation is 1. The number of aliphatic imine (C=N–C) groups is 1. The van der Waals surface area contributed by atoms with Crippen LogP contribution in [0.25, 0.3) is 11.1 Å². The number of nitrogens with two attached hydrogens (primary N) is 1. The Bertz CT molecular complexity index is 1360. The van der Waals surface area contributed by atoms with Crippen molar-refractivity contribution in [3.8, 4) is 23.0 Å². The van der Waals surface area contributed by atoms with Crippen LogP contribution < -0.4 is 16.0 Å². The number of hydrogen-bond acceptors (Lipinski definition) is 6. The first kappa shape index (κ1) is 29.6. The third-order valence-corrected chi connectivity index (χ3v) is 5.79. The van der Waals surface area contributed by atoms with Crippen molar-refractivity contribution in [1.82, 2.24) is 4.98 Å². The Morgan fingerprint density at radius 3 is 2.51 bits per heavy atom. The summed E-state index contributed by atoms with van der Waals surface area (Å²) in [7, 11) is 0. The number of nitrogens with one attached hydrogen (secondary N) is 1. The van der Waals surface area contributed by atoms with Crippen LogP contribution in [0.4, 0.5) is 24.7 Å². The second-order valence-corrected chi connectivity index (χ2v) is 9.58. The molecule has 39 heavy (non-hydrogen) atoms. The summed E-state index contributed by atoms with van der Waals surface area (Å²) in [5, 5.41) is 2.68. The number of carbonyl (C=O) groups excluding carboxylic acids is 1. The van der Waals surface area contributed by atoms with Crippen molar-refractivity contribution in [2.75, 3.05) is 36.5 Å². The molecule has 7 nitrogen and oxygen atoms in total. The number of allylic oxidation sites excluding steroid dienone is 2. The number of carbonyl (C=O) groups is 1. The molecule has 0 aliphatic carbocycles. The summed E-state index contributed by atoms with van der Waals surface area (Å²) in [6.07, 6.45) is -2.78. The van der Waals surface area contributed by atoms with E-state index in [1.165, 1.54) is 13.0 Å². The van der Waals surface area contributed by atoms with Crippen molar-refractivity contribution < 1.29 is 22.7 Å². The van der Waals surface area contributed by atoms with Crippen LogP contribution in [0.15, 0.2) is 58.7 Å². The van der Waals surface area contributed by atoms with Gasteiger partial charge in [0.05, 0.1) is 18.8 Å². The molecule has 0 unspecified atom stereocenters. The molecule has 1 fully saturated rings. The van der Waals surface area contributed by atoms with Gasteiger partial charge in [0.25, 0.3) is 5.91 Å². The highest BCUT2D eigenvalue weighted by atomic mass is 19.4. The molecule has 2 heterocycles. The number of pyridine rings is 1. The topological polar surface area (TPSA) is 92.8 Å². The number of nitrogens with zero attached hydrogens (tertiary/aromatic N) is 3. The van der Waals surface area contributed by atoms with E-state index in [-0.39, 0.29) is 5.57 Å². The monoisotopic (exact) mass is 539 g/mol. The van der Waals surface area contributed by atoms with E-state index < -0.39 is 23.3 Å². The van der Waals surface area contributed by atoms with E-state index in [9.17, 15) is 18.0 Å². The zero-order valence-electron chi connectivity index (χ0n) is 22.4. The molecule has 0 spiro atoms. The Balaban J connectivity index is 2.01. The fourth-order valence-corrected chi connectivity index (χ4v) is 3.77. The van der Waals surface area contributed by atoms with E-state index in [0.717, 1.165) is 22.5 Å². The summed E-state index contributed by atoms with van der Waals surface area (Å²) in [6.45, 7) is 12.5. The number of rotatable bonds is 6. The highest BCUT2D eigenvalue weighted by Crippen LogP contribution is 2.31. The van der Waals surface area contributed by atoms with Gasteiger partial charge >= 0.3 is 6.18 Å². The van der Waals surface area contributed by atoms with Crippen molar-refractivity contribution >= 4 is 24.1 Å². The van der Waals surface area contributed by atoms with Crippen molar-refractivity contribution in [2.24, 2.45) is 10.7 Å².